The molecule has 0 saturated carbocycles. The number of nitrogens with one attached hydrogen (secondary N) is 3. The van der Waals surface area contributed by atoms with Crippen molar-refractivity contribution in [2.75, 3.05) is 0 Å². The Kier molecular flexibility index (Phi) is 4.46. The van der Waals surface area contributed by atoms with E-state index in [1.165, 1.54) is 23.3 Å². The van der Waals surface area contributed by atoms with E-state index in [4.69, 9.17) is 0 Å². The largest absolute Gasteiger partial charge is 0.346 e. The van der Waals surface area contributed by atoms with Gasteiger partial charge in [0.25, 0.3) is 10.0 Å². The van der Waals surface area contributed by atoms with Gasteiger partial charge in [-0.1, -0.05) is 12.1 Å². The van der Waals surface area contributed by atoms with E-state index in [-0.39, 0.29) is 11.1 Å². The van der Waals surface area contributed by atoms with Crippen molar-refractivity contribution in [2.45, 2.75) is 23.5 Å². The van der Waals surface area contributed by atoms with Crippen molar-refractivity contribution < 1.29 is 8.42 Å². The summed E-state index contributed by atoms with van der Waals surface area (Å²) in [7, 11) is -2.20. The van der Waals surface area contributed by atoms with E-state index in [1.54, 1.807) is 13.2 Å². The Morgan fingerprint density at radius 2 is 2.06 bits per heavy atom. The second kappa shape index (κ2) is 7.19. The van der Waals surface area contributed by atoms with Crippen LogP contribution in [0, 0.1) is 11.5 Å². The molecule has 3 N–H and O–H groups in total. The summed E-state index contributed by atoms with van der Waals surface area (Å²) in [6.45, 7) is 0. The van der Waals surface area contributed by atoms with Crippen molar-refractivity contribution in [1.29, 1.82) is 5.26 Å². The summed E-state index contributed by atoms with van der Waals surface area (Å²) in [5.74, 6) is 0. The van der Waals surface area contributed by atoms with Gasteiger partial charge in [0.05, 0.1) is 17.9 Å². The van der Waals surface area contributed by atoms with Gasteiger partial charge < -0.3 is 10.3 Å². The molecule has 1 aliphatic rings. The van der Waals surface area contributed by atoms with Crippen molar-refractivity contribution in [2.24, 2.45) is 7.05 Å². The van der Waals surface area contributed by atoms with Crippen LogP contribution in [0.4, 0.5) is 0 Å². The highest BCUT2D eigenvalue weighted by Gasteiger charge is 2.35. The zero-order chi connectivity index (χ0) is 21.6. The molecule has 156 valence electrons. The van der Waals surface area contributed by atoms with Gasteiger partial charge in [-0.25, -0.2) is 23.1 Å². The van der Waals surface area contributed by atoms with E-state index in [0.717, 1.165) is 33.4 Å². The first-order valence-electron chi connectivity index (χ1n) is 9.55. The summed E-state index contributed by atoms with van der Waals surface area (Å²) >= 11 is 0. The summed E-state index contributed by atoms with van der Waals surface area (Å²) in [6, 6.07) is 8.32. The van der Waals surface area contributed by atoms with Gasteiger partial charge in [-0.05, 0) is 35.7 Å². The standard InChI is InChI=1S/C20H18N8O2S/c1-28-18(5-7-26-28)31(29,30)27-17-9-16(23-10-21)15-8-12(2-3-13(15)17)19-14-4-6-22-20(14)25-11-24-19/h2-8,11,16-17,23,27H,9H2,1H3,(H,22,24,25)/t16-,17+/m0/s1. The average Bonchev–Trinajstić information content (AvgIpc) is 3.47. The number of hydrogen-bond acceptors (Lipinski definition) is 7. The number of rotatable bonds is 5. The maximum atomic E-state index is 12.9. The molecule has 0 unspecified atom stereocenters. The van der Waals surface area contributed by atoms with Crippen LogP contribution in [0.1, 0.15) is 29.6 Å². The lowest BCUT2D eigenvalue weighted by Gasteiger charge is -2.15. The lowest BCUT2D eigenvalue weighted by Crippen LogP contribution is -2.29. The number of fused-ring (bicyclic) bond motifs is 2. The van der Waals surface area contributed by atoms with E-state index >= 15 is 0 Å². The Morgan fingerprint density at radius 1 is 1.19 bits per heavy atom. The van der Waals surface area contributed by atoms with Gasteiger partial charge >= 0.3 is 0 Å². The minimum atomic E-state index is -3.78. The number of nitriles is 1. The fourth-order valence-electron chi connectivity index (χ4n) is 4.13. The zero-order valence-corrected chi connectivity index (χ0v) is 17.3. The molecule has 0 saturated heterocycles. The summed E-state index contributed by atoms with van der Waals surface area (Å²) in [5.41, 5.74) is 4.05. The molecule has 4 aromatic rings. The first-order valence-corrected chi connectivity index (χ1v) is 11.0. The molecule has 5 rings (SSSR count). The molecule has 31 heavy (non-hydrogen) atoms. The van der Waals surface area contributed by atoms with Crippen LogP contribution in [0.25, 0.3) is 22.3 Å². The number of aromatic amines is 1. The van der Waals surface area contributed by atoms with Crippen LogP contribution in [0.3, 0.4) is 0 Å². The molecular weight excluding hydrogens is 416 g/mol. The number of nitrogens with zero attached hydrogens (tertiary/aromatic N) is 5. The zero-order valence-electron chi connectivity index (χ0n) is 16.4. The third-order valence-corrected chi connectivity index (χ3v) is 7.07. The van der Waals surface area contributed by atoms with Gasteiger partial charge in [0.1, 0.15) is 12.0 Å². The molecule has 0 spiro atoms. The van der Waals surface area contributed by atoms with Crippen LogP contribution < -0.4 is 10.0 Å². The topological polar surface area (TPSA) is 141 Å². The van der Waals surface area contributed by atoms with Crippen molar-refractivity contribution in [1.82, 2.24) is 34.8 Å². The molecule has 0 aliphatic heterocycles. The fraction of sp³-hybridized carbons (Fsp3) is 0.200. The first kappa shape index (κ1) is 19.2. The van der Waals surface area contributed by atoms with E-state index in [9.17, 15) is 13.7 Å². The number of benzene rings is 1. The minimum Gasteiger partial charge on any atom is -0.346 e. The summed E-state index contributed by atoms with van der Waals surface area (Å²) in [6.07, 6.45) is 7.13. The van der Waals surface area contributed by atoms with Crippen LogP contribution in [-0.2, 0) is 17.1 Å². The van der Waals surface area contributed by atoms with Gasteiger partial charge in [0.2, 0.25) is 0 Å². The SMILES string of the molecule is Cn1nccc1S(=O)(=O)N[C@@H]1C[C@H](NC#N)c2cc(-c3ncnc4[nH]ccc34)ccc21. The van der Waals surface area contributed by atoms with Crippen LogP contribution in [0.5, 0.6) is 0 Å². The molecular formula is C20H18N8O2S. The smallest absolute Gasteiger partial charge is 0.258 e. The molecule has 3 aromatic heterocycles. The van der Waals surface area contributed by atoms with Gasteiger partial charge in [0, 0.05) is 30.2 Å². The molecule has 10 nitrogen and oxygen atoms in total. The van der Waals surface area contributed by atoms with Gasteiger partial charge in [0.15, 0.2) is 11.2 Å². The number of aromatic nitrogens is 5. The lowest BCUT2D eigenvalue weighted by atomic mass is 10.0. The highest BCUT2D eigenvalue weighted by Crippen LogP contribution is 2.41. The Balaban J connectivity index is 1.55. The summed E-state index contributed by atoms with van der Waals surface area (Å²) in [4.78, 5) is 11.7. The number of aryl methyl sites for hydroxylation is 1. The van der Waals surface area contributed by atoms with E-state index in [2.05, 4.69) is 30.1 Å². The Labute approximate surface area is 178 Å². The molecule has 1 aromatic carbocycles. The normalized spacial score (nSPS) is 18.1. The number of sulfonamides is 1. The monoisotopic (exact) mass is 434 g/mol. The first-order chi connectivity index (χ1) is 15.0. The highest BCUT2D eigenvalue weighted by atomic mass is 32.2. The van der Waals surface area contributed by atoms with E-state index in [1.807, 2.05) is 30.5 Å². The van der Waals surface area contributed by atoms with Crippen LogP contribution >= 0.6 is 0 Å². The van der Waals surface area contributed by atoms with Gasteiger partial charge in [-0.15, -0.1) is 0 Å². The molecule has 0 amide bonds. The molecule has 0 radical (unpaired) electrons. The van der Waals surface area contributed by atoms with Crippen LogP contribution in [0.15, 0.2) is 54.1 Å². The molecule has 1 aliphatic carbocycles. The van der Waals surface area contributed by atoms with Gasteiger partial charge in [-0.2, -0.15) is 10.4 Å². The molecule has 0 fully saturated rings. The second-order valence-corrected chi connectivity index (χ2v) is 8.98. The molecule has 2 atom stereocenters. The Bertz CT molecular complexity index is 1430. The fourth-order valence-corrected chi connectivity index (χ4v) is 5.49. The second-order valence-electron chi connectivity index (χ2n) is 7.32. The molecule has 3 heterocycles. The van der Waals surface area contributed by atoms with Crippen molar-refractivity contribution >= 4 is 21.1 Å². The average molecular weight is 434 g/mol. The summed E-state index contributed by atoms with van der Waals surface area (Å²) < 4.78 is 29.8. The maximum absolute atomic E-state index is 12.9. The van der Waals surface area contributed by atoms with Crippen molar-refractivity contribution in [3.63, 3.8) is 0 Å². The lowest BCUT2D eigenvalue weighted by molar-refractivity contribution is 0.511. The minimum absolute atomic E-state index is 0.0817. The number of H-pyrrole nitrogens is 1. The third-order valence-electron chi connectivity index (χ3n) is 5.52. The number of hydrogen-bond donors (Lipinski definition) is 3. The van der Waals surface area contributed by atoms with E-state index in [0.29, 0.717) is 6.42 Å². The summed E-state index contributed by atoms with van der Waals surface area (Å²) in [5, 5.41) is 16.9. The predicted octanol–water partition coefficient (Wildman–Crippen LogP) is 1.89. The molecule has 11 heteroatoms. The third kappa shape index (κ3) is 3.22. The Hall–Kier alpha value is -3.75. The Morgan fingerprint density at radius 3 is 2.84 bits per heavy atom. The highest BCUT2D eigenvalue weighted by molar-refractivity contribution is 7.89. The molecule has 0 bridgehead atoms. The van der Waals surface area contributed by atoms with Crippen LogP contribution in [-0.4, -0.2) is 33.2 Å². The van der Waals surface area contributed by atoms with Crippen molar-refractivity contribution in [3.8, 4) is 17.5 Å². The van der Waals surface area contributed by atoms with E-state index < -0.39 is 16.1 Å². The van der Waals surface area contributed by atoms with Crippen LogP contribution in [0.2, 0.25) is 0 Å². The van der Waals surface area contributed by atoms with Crippen molar-refractivity contribution in [3.05, 3.63) is 60.2 Å². The van der Waals surface area contributed by atoms with Gasteiger partial charge in [-0.3, -0.25) is 4.68 Å². The maximum Gasteiger partial charge on any atom is 0.258 e. The predicted molar refractivity (Wildman–Crippen MR) is 112 cm³/mol. The quantitative estimate of drug-likeness (QED) is 0.322.